The standard InChI is InChI=1S/C17H19Cl2NO/c1-2-20-13(10-12-6-8-14(21)9-7-12)11-15-16(18)4-3-5-17(15)19/h3-9,13,20-21H,2,10-11H2,1H3. The molecule has 0 aliphatic carbocycles. The predicted molar refractivity (Wildman–Crippen MR) is 89.4 cm³/mol. The van der Waals surface area contributed by atoms with Gasteiger partial charge in [0.1, 0.15) is 5.75 Å². The van der Waals surface area contributed by atoms with Gasteiger partial charge in [-0.3, -0.25) is 0 Å². The number of phenolic OH excluding ortho intramolecular Hbond substituents is 1. The molecule has 0 aromatic heterocycles. The average molecular weight is 324 g/mol. The highest BCUT2D eigenvalue weighted by Crippen LogP contribution is 2.26. The Kier molecular flexibility index (Phi) is 5.92. The van der Waals surface area contributed by atoms with Crippen LogP contribution in [0.2, 0.25) is 10.0 Å². The third-order valence-corrected chi connectivity index (χ3v) is 4.13. The zero-order chi connectivity index (χ0) is 15.2. The number of likely N-dealkylation sites (N-methyl/N-ethyl adjacent to an activating group) is 1. The number of nitrogens with one attached hydrogen (secondary N) is 1. The van der Waals surface area contributed by atoms with E-state index in [9.17, 15) is 5.11 Å². The molecule has 2 aromatic rings. The minimum Gasteiger partial charge on any atom is -0.508 e. The molecule has 4 heteroatoms. The fraction of sp³-hybridized carbons (Fsp3) is 0.294. The molecule has 0 saturated heterocycles. The van der Waals surface area contributed by atoms with Crippen molar-refractivity contribution < 1.29 is 5.11 Å². The Morgan fingerprint density at radius 3 is 2.19 bits per heavy atom. The van der Waals surface area contributed by atoms with Crippen molar-refractivity contribution in [1.82, 2.24) is 5.32 Å². The molecule has 1 atom stereocenters. The normalized spacial score (nSPS) is 12.3. The summed E-state index contributed by atoms with van der Waals surface area (Å²) in [5, 5.41) is 14.2. The summed E-state index contributed by atoms with van der Waals surface area (Å²) < 4.78 is 0. The number of hydrogen-bond acceptors (Lipinski definition) is 2. The van der Waals surface area contributed by atoms with Crippen molar-refractivity contribution in [2.75, 3.05) is 6.54 Å². The SMILES string of the molecule is CCNC(Cc1ccc(O)cc1)Cc1c(Cl)cccc1Cl. The smallest absolute Gasteiger partial charge is 0.115 e. The van der Waals surface area contributed by atoms with E-state index < -0.39 is 0 Å². The maximum absolute atomic E-state index is 9.35. The van der Waals surface area contributed by atoms with Crippen LogP contribution in [0.15, 0.2) is 42.5 Å². The van der Waals surface area contributed by atoms with Crippen LogP contribution >= 0.6 is 23.2 Å². The first-order chi connectivity index (χ1) is 10.1. The van der Waals surface area contributed by atoms with Gasteiger partial charge in [0.2, 0.25) is 0 Å². The van der Waals surface area contributed by atoms with E-state index in [1.165, 1.54) is 5.56 Å². The number of rotatable bonds is 6. The molecule has 2 rings (SSSR count). The fourth-order valence-corrected chi connectivity index (χ4v) is 2.95. The van der Waals surface area contributed by atoms with E-state index in [1.54, 1.807) is 12.1 Å². The summed E-state index contributed by atoms with van der Waals surface area (Å²) in [6.07, 6.45) is 1.63. The van der Waals surface area contributed by atoms with E-state index in [-0.39, 0.29) is 11.8 Å². The van der Waals surface area contributed by atoms with Crippen LogP contribution in [-0.2, 0) is 12.8 Å². The minimum absolute atomic E-state index is 0.247. The number of hydrogen-bond donors (Lipinski definition) is 2. The summed E-state index contributed by atoms with van der Waals surface area (Å²) in [5.74, 6) is 0.285. The Morgan fingerprint density at radius 1 is 1.00 bits per heavy atom. The number of halogens is 2. The topological polar surface area (TPSA) is 32.3 Å². The zero-order valence-electron chi connectivity index (χ0n) is 11.9. The van der Waals surface area contributed by atoms with Crippen molar-refractivity contribution in [3.8, 4) is 5.75 Å². The zero-order valence-corrected chi connectivity index (χ0v) is 13.5. The molecule has 0 heterocycles. The van der Waals surface area contributed by atoms with Crippen LogP contribution in [0.5, 0.6) is 5.75 Å². The van der Waals surface area contributed by atoms with Gasteiger partial charge < -0.3 is 10.4 Å². The third-order valence-electron chi connectivity index (χ3n) is 3.42. The summed E-state index contributed by atoms with van der Waals surface area (Å²) in [6.45, 7) is 2.96. The first kappa shape index (κ1) is 16.2. The first-order valence-corrected chi connectivity index (χ1v) is 7.80. The lowest BCUT2D eigenvalue weighted by molar-refractivity contribution is 0.474. The summed E-state index contributed by atoms with van der Waals surface area (Å²) in [6, 6.07) is 13.1. The van der Waals surface area contributed by atoms with Gasteiger partial charge in [-0.15, -0.1) is 0 Å². The maximum Gasteiger partial charge on any atom is 0.115 e. The Balaban J connectivity index is 2.13. The van der Waals surface area contributed by atoms with Crippen molar-refractivity contribution in [1.29, 1.82) is 0 Å². The van der Waals surface area contributed by atoms with Gasteiger partial charge in [-0.25, -0.2) is 0 Å². The molecule has 112 valence electrons. The van der Waals surface area contributed by atoms with Gasteiger partial charge in [0, 0.05) is 16.1 Å². The van der Waals surface area contributed by atoms with E-state index in [0.717, 1.165) is 24.9 Å². The molecular weight excluding hydrogens is 305 g/mol. The number of aromatic hydroxyl groups is 1. The Morgan fingerprint density at radius 2 is 1.62 bits per heavy atom. The molecule has 0 spiro atoms. The molecular formula is C17H19Cl2NO. The van der Waals surface area contributed by atoms with Crippen LogP contribution in [0.25, 0.3) is 0 Å². The molecule has 0 radical (unpaired) electrons. The van der Waals surface area contributed by atoms with Gasteiger partial charge in [-0.2, -0.15) is 0 Å². The van der Waals surface area contributed by atoms with Crippen LogP contribution in [0.1, 0.15) is 18.1 Å². The van der Waals surface area contributed by atoms with Gasteiger partial charge in [0.15, 0.2) is 0 Å². The highest BCUT2D eigenvalue weighted by Gasteiger charge is 2.14. The van der Waals surface area contributed by atoms with Crippen molar-refractivity contribution in [3.05, 3.63) is 63.6 Å². The largest absolute Gasteiger partial charge is 0.508 e. The van der Waals surface area contributed by atoms with Crippen LogP contribution in [0, 0.1) is 0 Å². The second-order valence-electron chi connectivity index (χ2n) is 5.03. The fourth-order valence-electron chi connectivity index (χ4n) is 2.40. The Bertz CT molecular complexity index is 564. The van der Waals surface area contributed by atoms with Gasteiger partial charge in [-0.1, -0.05) is 48.3 Å². The van der Waals surface area contributed by atoms with E-state index in [2.05, 4.69) is 12.2 Å². The Hall–Kier alpha value is -1.22. The maximum atomic E-state index is 9.35. The van der Waals surface area contributed by atoms with E-state index >= 15 is 0 Å². The summed E-state index contributed by atoms with van der Waals surface area (Å²) in [5.41, 5.74) is 2.15. The van der Waals surface area contributed by atoms with Gasteiger partial charge in [0.05, 0.1) is 0 Å². The van der Waals surface area contributed by atoms with Crippen molar-refractivity contribution in [2.24, 2.45) is 0 Å². The van der Waals surface area contributed by atoms with Crippen molar-refractivity contribution in [3.63, 3.8) is 0 Å². The van der Waals surface area contributed by atoms with Crippen LogP contribution in [0.4, 0.5) is 0 Å². The molecule has 21 heavy (non-hydrogen) atoms. The van der Waals surface area contributed by atoms with Gasteiger partial charge in [0.25, 0.3) is 0 Å². The Labute approximate surface area is 135 Å². The van der Waals surface area contributed by atoms with Crippen LogP contribution in [-0.4, -0.2) is 17.7 Å². The molecule has 2 aromatic carbocycles. The molecule has 0 bridgehead atoms. The number of benzene rings is 2. The highest BCUT2D eigenvalue weighted by molar-refractivity contribution is 6.36. The van der Waals surface area contributed by atoms with Gasteiger partial charge in [-0.05, 0) is 54.8 Å². The summed E-state index contributed by atoms with van der Waals surface area (Å²) in [7, 11) is 0. The van der Waals surface area contributed by atoms with Crippen LogP contribution < -0.4 is 5.32 Å². The van der Waals surface area contributed by atoms with E-state index in [0.29, 0.717) is 10.0 Å². The highest BCUT2D eigenvalue weighted by atomic mass is 35.5. The van der Waals surface area contributed by atoms with E-state index in [1.807, 2.05) is 30.3 Å². The lowest BCUT2D eigenvalue weighted by Crippen LogP contribution is -2.33. The minimum atomic E-state index is 0.247. The third kappa shape index (κ3) is 4.63. The quantitative estimate of drug-likeness (QED) is 0.822. The summed E-state index contributed by atoms with van der Waals surface area (Å²) in [4.78, 5) is 0. The average Bonchev–Trinajstić information content (AvgIpc) is 2.45. The molecule has 2 N–H and O–H groups in total. The number of phenols is 1. The molecule has 2 nitrogen and oxygen atoms in total. The van der Waals surface area contributed by atoms with Crippen molar-refractivity contribution in [2.45, 2.75) is 25.8 Å². The molecule has 1 unspecified atom stereocenters. The monoisotopic (exact) mass is 323 g/mol. The van der Waals surface area contributed by atoms with E-state index in [4.69, 9.17) is 23.2 Å². The van der Waals surface area contributed by atoms with Gasteiger partial charge >= 0.3 is 0 Å². The van der Waals surface area contributed by atoms with Crippen LogP contribution in [0.3, 0.4) is 0 Å². The molecule has 0 saturated carbocycles. The molecule has 0 aliphatic rings. The van der Waals surface area contributed by atoms with Crippen molar-refractivity contribution >= 4 is 23.2 Å². The second kappa shape index (κ2) is 7.69. The predicted octanol–water partition coefficient (Wildman–Crippen LogP) is 4.46. The second-order valence-corrected chi connectivity index (χ2v) is 5.84. The summed E-state index contributed by atoms with van der Waals surface area (Å²) >= 11 is 12.5. The molecule has 0 aliphatic heterocycles. The molecule has 0 fully saturated rings. The lowest BCUT2D eigenvalue weighted by Gasteiger charge is -2.19. The lowest BCUT2D eigenvalue weighted by atomic mass is 9.98. The first-order valence-electron chi connectivity index (χ1n) is 7.04. The molecule has 0 amide bonds.